The molecule has 0 unspecified atom stereocenters. The van der Waals surface area contributed by atoms with Crippen molar-refractivity contribution in [2.75, 3.05) is 32.5 Å². The van der Waals surface area contributed by atoms with E-state index in [1.54, 1.807) is 34.7 Å². The molecule has 0 radical (unpaired) electrons. The highest BCUT2D eigenvalue weighted by Gasteiger charge is 2.18. The number of aromatic nitrogens is 4. The molecular weight excluding hydrogens is 367 g/mol. The standard InChI is InChI=1S/C19H18ClFN6/c1-26(2)10-9-22-19-23-16-11-12(20)7-8-14(16)18-25-24-17(27(18)19)13-5-3-4-6-15(13)21/h3-8,11H,9-10H2,1-2H3,(H,22,23). The zero-order chi connectivity index (χ0) is 19.0. The number of hydrogen-bond donors (Lipinski definition) is 1. The Morgan fingerprint density at radius 2 is 1.96 bits per heavy atom. The Bertz CT molecular complexity index is 1120. The van der Waals surface area contributed by atoms with E-state index in [-0.39, 0.29) is 5.82 Å². The van der Waals surface area contributed by atoms with E-state index in [1.165, 1.54) is 6.07 Å². The Morgan fingerprint density at radius 3 is 2.74 bits per heavy atom. The second kappa shape index (κ2) is 7.09. The van der Waals surface area contributed by atoms with Gasteiger partial charge in [-0.25, -0.2) is 13.8 Å². The van der Waals surface area contributed by atoms with Crippen molar-refractivity contribution in [2.45, 2.75) is 0 Å². The molecule has 0 atom stereocenters. The minimum absolute atomic E-state index is 0.359. The normalized spacial score (nSPS) is 11.6. The molecule has 1 N–H and O–H groups in total. The van der Waals surface area contributed by atoms with Crippen LogP contribution in [0.1, 0.15) is 0 Å². The van der Waals surface area contributed by atoms with Crippen molar-refractivity contribution >= 4 is 34.1 Å². The summed E-state index contributed by atoms with van der Waals surface area (Å²) in [7, 11) is 3.99. The zero-order valence-electron chi connectivity index (χ0n) is 14.9. The molecule has 4 aromatic rings. The van der Waals surface area contributed by atoms with Crippen LogP contribution in [0.25, 0.3) is 27.9 Å². The van der Waals surface area contributed by atoms with Gasteiger partial charge < -0.3 is 10.2 Å². The van der Waals surface area contributed by atoms with Crippen molar-refractivity contribution in [2.24, 2.45) is 0 Å². The largest absolute Gasteiger partial charge is 0.354 e. The van der Waals surface area contributed by atoms with E-state index in [0.29, 0.717) is 40.1 Å². The van der Waals surface area contributed by atoms with Crippen LogP contribution in [0, 0.1) is 5.82 Å². The molecule has 6 nitrogen and oxygen atoms in total. The lowest BCUT2D eigenvalue weighted by molar-refractivity contribution is 0.425. The third-order valence-corrected chi connectivity index (χ3v) is 4.49. The highest BCUT2D eigenvalue weighted by molar-refractivity contribution is 6.31. The number of halogens is 2. The summed E-state index contributed by atoms with van der Waals surface area (Å²) in [5, 5.41) is 13.3. The molecule has 0 aliphatic heterocycles. The highest BCUT2D eigenvalue weighted by Crippen LogP contribution is 2.29. The Morgan fingerprint density at radius 1 is 1.15 bits per heavy atom. The fourth-order valence-electron chi connectivity index (χ4n) is 2.94. The molecule has 0 aliphatic carbocycles. The number of nitrogens with zero attached hydrogens (tertiary/aromatic N) is 5. The van der Waals surface area contributed by atoms with E-state index >= 15 is 0 Å². The van der Waals surface area contributed by atoms with Gasteiger partial charge in [-0.3, -0.25) is 0 Å². The van der Waals surface area contributed by atoms with Crippen LogP contribution in [0.2, 0.25) is 5.02 Å². The first-order valence-electron chi connectivity index (χ1n) is 8.52. The van der Waals surface area contributed by atoms with Crippen molar-refractivity contribution in [1.29, 1.82) is 0 Å². The van der Waals surface area contributed by atoms with E-state index in [4.69, 9.17) is 16.6 Å². The van der Waals surface area contributed by atoms with Gasteiger partial charge in [0.1, 0.15) is 5.82 Å². The minimum atomic E-state index is -0.359. The zero-order valence-corrected chi connectivity index (χ0v) is 15.7. The second-order valence-corrected chi connectivity index (χ2v) is 6.93. The molecule has 0 spiro atoms. The minimum Gasteiger partial charge on any atom is -0.354 e. The van der Waals surface area contributed by atoms with Gasteiger partial charge in [0.25, 0.3) is 0 Å². The van der Waals surface area contributed by atoms with Gasteiger partial charge in [0.2, 0.25) is 5.95 Å². The number of hydrogen-bond acceptors (Lipinski definition) is 5. The smallest absolute Gasteiger partial charge is 0.211 e. The predicted molar refractivity (Wildman–Crippen MR) is 106 cm³/mol. The first-order chi connectivity index (χ1) is 13.0. The summed E-state index contributed by atoms with van der Waals surface area (Å²) >= 11 is 6.13. The fourth-order valence-corrected chi connectivity index (χ4v) is 3.10. The van der Waals surface area contributed by atoms with Crippen LogP contribution in [0.4, 0.5) is 10.3 Å². The average Bonchev–Trinajstić information content (AvgIpc) is 3.06. The van der Waals surface area contributed by atoms with Gasteiger partial charge in [-0.15, -0.1) is 10.2 Å². The van der Waals surface area contributed by atoms with E-state index in [1.807, 2.05) is 20.2 Å². The Labute approximate surface area is 160 Å². The summed E-state index contributed by atoms with van der Waals surface area (Å²) in [6, 6.07) is 11.9. The van der Waals surface area contributed by atoms with E-state index in [0.717, 1.165) is 11.9 Å². The van der Waals surface area contributed by atoms with Crippen LogP contribution in [0.3, 0.4) is 0 Å². The van der Waals surface area contributed by atoms with Crippen LogP contribution in [-0.4, -0.2) is 51.7 Å². The molecule has 4 rings (SSSR count). The molecule has 0 bridgehead atoms. The molecule has 138 valence electrons. The fraction of sp³-hybridized carbons (Fsp3) is 0.211. The number of anilines is 1. The molecule has 2 heterocycles. The van der Waals surface area contributed by atoms with Crippen LogP contribution < -0.4 is 5.32 Å². The predicted octanol–water partition coefficient (Wildman–Crippen LogP) is 3.71. The highest BCUT2D eigenvalue weighted by atomic mass is 35.5. The summed E-state index contributed by atoms with van der Waals surface area (Å²) in [6.45, 7) is 1.48. The maximum absolute atomic E-state index is 14.4. The van der Waals surface area contributed by atoms with Gasteiger partial charge in [0.15, 0.2) is 11.5 Å². The van der Waals surface area contributed by atoms with Crippen LogP contribution in [-0.2, 0) is 0 Å². The lowest BCUT2D eigenvalue weighted by Crippen LogP contribution is -2.22. The van der Waals surface area contributed by atoms with Gasteiger partial charge >= 0.3 is 0 Å². The summed E-state index contributed by atoms with van der Waals surface area (Å²) < 4.78 is 16.1. The number of likely N-dealkylation sites (N-methyl/N-ethyl adjacent to an activating group) is 1. The van der Waals surface area contributed by atoms with Crippen molar-refractivity contribution in [3.05, 3.63) is 53.3 Å². The first-order valence-corrected chi connectivity index (χ1v) is 8.90. The first kappa shape index (κ1) is 17.6. The van der Waals surface area contributed by atoms with Crippen LogP contribution in [0.15, 0.2) is 42.5 Å². The number of fused-ring (bicyclic) bond motifs is 3. The molecule has 0 fully saturated rings. The van der Waals surface area contributed by atoms with Crippen molar-refractivity contribution in [3.63, 3.8) is 0 Å². The summed E-state index contributed by atoms with van der Waals surface area (Å²) in [6.07, 6.45) is 0. The van der Waals surface area contributed by atoms with Gasteiger partial charge in [0, 0.05) is 23.5 Å². The number of rotatable bonds is 5. The topological polar surface area (TPSA) is 58.3 Å². The molecule has 27 heavy (non-hydrogen) atoms. The molecule has 8 heteroatoms. The second-order valence-electron chi connectivity index (χ2n) is 6.49. The maximum atomic E-state index is 14.4. The molecule has 2 aromatic carbocycles. The number of nitrogens with one attached hydrogen (secondary N) is 1. The van der Waals surface area contributed by atoms with E-state index < -0.39 is 0 Å². The Hall–Kier alpha value is -2.77. The average molecular weight is 385 g/mol. The third-order valence-electron chi connectivity index (χ3n) is 4.26. The third kappa shape index (κ3) is 3.31. The quantitative estimate of drug-likeness (QED) is 0.568. The maximum Gasteiger partial charge on any atom is 0.211 e. The van der Waals surface area contributed by atoms with Crippen LogP contribution in [0.5, 0.6) is 0 Å². The van der Waals surface area contributed by atoms with E-state index in [2.05, 4.69) is 20.4 Å². The van der Waals surface area contributed by atoms with Crippen LogP contribution >= 0.6 is 11.6 Å². The van der Waals surface area contributed by atoms with Crippen molar-refractivity contribution in [3.8, 4) is 11.4 Å². The van der Waals surface area contributed by atoms with Gasteiger partial charge in [-0.1, -0.05) is 23.7 Å². The molecule has 0 aliphatic rings. The Balaban J connectivity index is 1.95. The Kier molecular flexibility index (Phi) is 4.63. The molecule has 2 aromatic heterocycles. The summed E-state index contributed by atoms with van der Waals surface area (Å²) in [5.74, 6) is 0.590. The SMILES string of the molecule is CN(C)CCNc1nc2cc(Cl)ccc2c2nnc(-c3ccccc3F)n12. The molecule has 0 saturated heterocycles. The van der Waals surface area contributed by atoms with Gasteiger partial charge in [-0.2, -0.15) is 0 Å². The summed E-state index contributed by atoms with van der Waals surface area (Å²) in [5.41, 5.74) is 1.67. The molecular formula is C19H18ClFN6. The lowest BCUT2D eigenvalue weighted by atomic mass is 10.2. The lowest BCUT2D eigenvalue weighted by Gasteiger charge is -2.14. The monoisotopic (exact) mass is 384 g/mol. The molecule has 0 saturated carbocycles. The van der Waals surface area contributed by atoms with Crippen molar-refractivity contribution in [1.82, 2.24) is 24.5 Å². The molecule has 0 amide bonds. The number of benzene rings is 2. The van der Waals surface area contributed by atoms with E-state index in [9.17, 15) is 4.39 Å². The van der Waals surface area contributed by atoms with Crippen molar-refractivity contribution < 1.29 is 4.39 Å². The van der Waals surface area contributed by atoms with Gasteiger partial charge in [0.05, 0.1) is 11.1 Å². The summed E-state index contributed by atoms with van der Waals surface area (Å²) in [4.78, 5) is 6.76. The van der Waals surface area contributed by atoms with Gasteiger partial charge in [-0.05, 0) is 44.4 Å².